The van der Waals surface area contributed by atoms with Gasteiger partial charge in [0, 0.05) is 0 Å². The number of ether oxygens (including phenoxy) is 1. The van der Waals surface area contributed by atoms with Crippen LogP contribution >= 0.6 is 0 Å². The molecule has 5 aliphatic carbocycles. The number of hydrogen-bond acceptors (Lipinski definition) is 2. The Hall–Kier alpha value is -0.0800. The first-order valence-corrected chi connectivity index (χ1v) is 13.9. The summed E-state index contributed by atoms with van der Waals surface area (Å²) in [4.78, 5) is 0. The molecule has 5 saturated carbocycles. The highest BCUT2D eigenvalue weighted by molar-refractivity contribution is 5.29. The number of rotatable bonds is 4. The van der Waals surface area contributed by atoms with Crippen molar-refractivity contribution in [1.29, 1.82) is 0 Å². The van der Waals surface area contributed by atoms with Gasteiger partial charge >= 0.3 is 0 Å². The SMILES string of the molecule is C[C@@H]1[C@@H](O)CC[C@]23C[C@]24CC[C@]2(C)[C@@H]([C@H](C)CC[C@@H]5OC5(C)C)CC[C@@]2(C)[C@@H]4CC[C@@H]13. The summed E-state index contributed by atoms with van der Waals surface area (Å²) >= 11 is 0. The number of fused-ring (bicyclic) bond motifs is 2. The third kappa shape index (κ3) is 2.53. The van der Waals surface area contributed by atoms with Gasteiger partial charge in [0.2, 0.25) is 0 Å². The standard InChI is InChI=1S/C29H48O2/c1-18(7-10-24-25(3,4)31-24)20-11-13-27(6)23-9-8-21-19(2)22(30)12-14-28(21)17-29(23,28)16-15-26(20,27)5/h18-24,30H,7-17H2,1-6H3/t18-,19+,20-,21+,22+,23+,24+,26-,27+,28-,29+/m1/s1. The minimum atomic E-state index is -0.0357. The summed E-state index contributed by atoms with van der Waals surface area (Å²) in [5.41, 5.74) is 2.46. The van der Waals surface area contributed by atoms with E-state index >= 15 is 0 Å². The second-order valence-electron chi connectivity index (χ2n) is 14.4. The lowest BCUT2D eigenvalue weighted by Crippen LogP contribution is -2.55. The van der Waals surface area contributed by atoms with E-state index in [1.165, 1.54) is 64.2 Å². The van der Waals surface area contributed by atoms with E-state index in [4.69, 9.17) is 4.74 Å². The fourth-order valence-electron chi connectivity index (χ4n) is 11.3. The van der Waals surface area contributed by atoms with Crippen LogP contribution in [-0.4, -0.2) is 22.9 Å². The molecule has 31 heavy (non-hydrogen) atoms. The van der Waals surface area contributed by atoms with Gasteiger partial charge in [0.1, 0.15) is 0 Å². The first-order chi connectivity index (χ1) is 14.5. The minimum Gasteiger partial charge on any atom is -0.393 e. The van der Waals surface area contributed by atoms with E-state index in [9.17, 15) is 5.11 Å². The average molecular weight is 429 g/mol. The molecule has 176 valence electrons. The Kier molecular flexibility index (Phi) is 4.37. The lowest BCUT2D eigenvalue weighted by Gasteiger charge is -2.62. The number of aliphatic hydroxyl groups excluding tert-OH is 1. The fraction of sp³-hybridized carbons (Fsp3) is 1.00. The highest BCUT2D eigenvalue weighted by Gasteiger charge is 2.81. The normalized spacial score (nSPS) is 59.7. The van der Waals surface area contributed by atoms with Crippen molar-refractivity contribution in [2.75, 3.05) is 0 Å². The molecule has 0 amide bonds. The summed E-state index contributed by atoms with van der Waals surface area (Å²) in [6.07, 6.45) is 15.7. The molecule has 0 bridgehead atoms. The molecule has 1 aliphatic heterocycles. The molecule has 6 fully saturated rings. The molecule has 6 rings (SSSR count). The zero-order chi connectivity index (χ0) is 22.0. The van der Waals surface area contributed by atoms with Crippen molar-refractivity contribution in [2.24, 2.45) is 51.2 Å². The molecule has 2 spiro atoms. The van der Waals surface area contributed by atoms with Gasteiger partial charge in [0.25, 0.3) is 0 Å². The van der Waals surface area contributed by atoms with Gasteiger partial charge < -0.3 is 9.84 Å². The molecule has 2 heteroatoms. The zero-order valence-electron chi connectivity index (χ0n) is 21.2. The largest absolute Gasteiger partial charge is 0.393 e. The average Bonchev–Trinajstić information content (AvgIpc) is 3.53. The van der Waals surface area contributed by atoms with Crippen molar-refractivity contribution in [1.82, 2.24) is 0 Å². The van der Waals surface area contributed by atoms with Crippen molar-refractivity contribution in [3.05, 3.63) is 0 Å². The van der Waals surface area contributed by atoms with Crippen LogP contribution in [0, 0.1) is 51.2 Å². The minimum absolute atomic E-state index is 0.0357. The zero-order valence-corrected chi connectivity index (χ0v) is 21.2. The fourth-order valence-corrected chi connectivity index (χ4v) is 11.3. The maximum Gasteiger partial charge on any atom is 0.0892 e. The van der Waals surface area contributed by atoms with E-state index in [2.05, 4.69) is 41.5 Å². The Morgan fingerprint density at radius 2 is 1.65 bits per heavy atom. The van der Waals surface area contributed by atoms with Crippen molar-refractivity contribution < 1.29 is 9.84 Å². The van der Waals surface area contributed by atoms with E-state index < -0.39 is 0 Å². The Morgan fingerprint density at radius 3 is 2.35 bits per heavy atom. The molecule has 1 saturated heterocycles. The predicted molar refractivity (Wildman–Crippen MR) is 126 cm³/mol. The summed E-state index contributed by atoms with van der Waals surface area (Å²) < 4.78 is 5.91. The first-order valence-electron chi connectivity index (χ1n) is 13.9. The Balaban J connectivity index is 1.23. The second kappa shape index (κ2) is 6.32. The Bertz CT molecular complexity index is 760. The molecular formula is C29H48O2. The van der Waals surface area contributed by atoms with Crippen LogP contribution in [0.3, 0.4) is 0 Å². The summed E-state index contributed by atoms with van der Waals surface area (Å²) in [6.45, 7) is 14.9. The van der Waals surface area contributed by atoms with E-state index in [1.807, 2.05) is 0 Å². The monoisotopic (exact) mass is 428 g/mol. The topological polar surface area (TPSA) is 32.8 Å². The lowest BCUT2D eigenvalue weighted by molar-refractivity contribution is -0.142. The second-order valence-corrected chi connectivity index (χ2v) is 14.4. The van der Waals surface area contributed by atoms with Gasteiger partial charge in [-0.2, -0.15) is 0 Å². The molecule has 1 N–H and O–H groups in total. The van der Waals surface area contributed by atoms with Gasteiger partial charge in [-0.15, -0.1) is 0 Å². The third-order valence-electron chi connectivity index (χ3n) is 13.5. The van der Waals surface area contributed by atoms with Crippen LogP contribution in [0.4, 0.5) is 0 Å². The van der Waals surface area contributed by atoms with Gasteiger partial charge in [0.05, 0.1) is 17.8 Å². The first kappa shape index (κ1) is 21.5. The summed E-state index contributed by atoms with van der Waals surface area (Å²) in [5.74, 6) is 4.01. The number of aliphatic hydroxyl groups is 1. The highest BCUT2D eigenvalue weighted by atomic mass is 16.6. The van der Waals surface area contributed by atoms with Crippen molar-refractivity contribution in [3.63, 3.8) is 0 Å². The van der Waals surface area contributed by atoms with E-state index in [0.29, 0.717) is 33.7 Å². The smallest absolute Gasteiger partial charge is 0.0892 e. The van der Waals surface area contributed by atoms with Crippen LogP contribution in [0.2, 0.25) is 0 Å². The third-order valence-corrected chi connectivity index (χ3v) is 13.5. The summed E-state index contributed by atoms with van der Waals surface area (Å²) in [5, 5.41) is 10.6. The van der Waals surface area contributed by atoms with Crippen LogP contribution < -0.4 is 0 Å². The van der Waals surface area contributed by atoms with Gasteiger partial charge in [0.15, 0.2) is 0 Å². The Labute approximate surface area is 191 Å². The van der Waals surface area contributed by atoms with E-state index in [1.54, 1.807) is 0 Å². The van der Waals surface area contributed by atoms with Crippen LogP contribution in [0.1, 0.15) is 112 Å². The molecule has 6 aliphatic rings. The highest BCUT2D eigenvalue weighted by Crippen LogP contribution is 2.88. The lowest BCUT2D eigenvalue weighted by atomic mass is 9.43. The number of epoxide rings is 1. The van der Waals surface area contributed by atoms with Crippen molar-refractivity contribution >= 4 is 0 Å². The summed E-state index contributed by atoms with van der Waals surface area (Å²) in [7, 11) is 0. The summed E-state index contributed by atoms with van der Waals surface area (Å²) in [6, 6.07) is 0. The molecular weight excluding hydrogens is 380 g/mol. The molecule has 0 radical (unpaired) electrons. The molecule has 0 aromatic rings. The molecule has 1 heterocycles. The van der Waals surface area contributed by atoms with Gasteiger partial charge in [-0.1, -0.05) is 27.7 Å². The maximum atomic E-state index is 10.6. The van der Waals surface area contributed by atoms with Crippen LogP contribution in [-0.2, 0) is 4.74 Å². The van der Waals surface area contributed by atoms with E-state index in [-0.39, 0.29) is 11.7 Å². The van der Waals surface area contributed by atoms with Gasteiger partial charge in [-0.25, -0.2) is 0 Å². The van der Waals surface area contributed by atoms with Gasteiger partial charge in [-0.3, -0.25) is 0 Å². The molecule has 11 atom stereocenters. The molecule has 0 unspecified atom stereocenters. The molecule has 2 nitrogen and oxygen atoms in total. The maximum absolute atomic E-state index is 10.6. The van der Waals surface area contributed by atoms with Crippen LogP contribution in [0.25, 0.3) is 0 Å². The van der Waals surface area contributed by atoms with Crippen LogP contribution in [0.5, 0.6) is 0 Å². The van der Waals surface area contributed by atoms with Crippen molar-refractivity contribution in [2.45, 2.75) is 130 Å². The van der Waals surface area contributed by atoms with E-state index in [0.717, 1.165) is 30.1 Å². The predicted octanol–water partition coefficient (Wildman–Crippen LogP) is 6.99. The molecule has 0 aromatic carbocycles. The molecule has 0 aromatic heterocycles. The van der Waals surface area contributed by atoms with Crippen molar-refractivity contribution in [3.8, 4) is 0 Å². The van der Waals surface area contributed by atoms with Crippen LogP contribution in [0.15, 0.2) is 0 Å². The number of hydrogen-bond donors (Lipinski definition) is 1. The Morgan fingerprint density at radius 1 is 0.903 bits per heavy atom. The van der Waals surface area contributed by atoms with Gasteiger partial charge in [-0.05, 0) is 136 Å². The quantitative estimate of drug-likeness (QED) is 0.489.